The number of rotatable bonds is 3. The van der Waals surface area contributed by atoms with Gasteiger partial charge in [-0.15, -0.1) is 0 Å². The third kappa shape index (κ3) is 2.75. The standard InChI is InChI=1S/C9H14N4O2S/c1-12-2-4-13(5-3-12)6-7-10-8(9(14)15)16-11-7/h2-6H2,1H3,(H,14,15). The number of hydrogen-bond acceptors (Lipinski definition) is 6. The molecule has 0 bridgehead atoms. The summed E-state index contributed by atoms with van der Waals surface area (Å²) in [6.07, 6.45) is 0. The van der Waals surface area contributed by atoms with E-state index in [0.717, 1.165) is 37.7 Å². The first-order valence-corrected chi connectivity index (χ1v) is 5.89. The van der Waals surface area contributed by atoms with Gasteiger partial charge in [-0.3, -0.25) is 4.90 Å². The van der Waals surface area contributed by atoms with Crippen LogP contribution in [0.2, 0.25) is 0 Å². The summed E-state index contributed by atoms with van der Waals surface area (Å²) in [5.74, 6) is -0.380. The fourth-order valence-electron chi connectivity index (χ4n) is 1.61. The maximum atomic E-state index is 10.6. The third-order valence-electron chi connectivity index (χ3n) is 2.61. The maximum Gasteiger partial charge on any atom is 0.366 e. The van der Waals surface area contributed by atoms with E-state index in [1.165, 1.54) is 0 Å². The Kier molecular flexibility index (Phi) is 3.47. The molecule has 1 fully saturated rings. The molecule has 2 rings (SSSR count). The van der Waals surface area contributed by atoms with Crippen molar-refractivity contribution in [1.82, 2.24) is 19.2 Å². The summed E-state index contributed by atoms with van der Waals surface area (Å²) in [4.78, 5) is 19.1. The predicted molar refractivity (Wildman–Crippen MR) is 59.6 cm³/mol. The van der Waals surface area contributed by atoms with Crippen LogP contribution in [0.3, 0.4) is 0 Å². The van der Waals surface area contributed by atoms with Gasteiger partial charge in [-0.2, -0.15) is 4.37 Å². The summed E-state index contributed by atoms with van der Waals surface area (Å²) in [6.45, 7) is 4.69. The Hall–Kier alpha value is -1.05. The molecule has 0 unspecified atom stereocenters. The monoisotopic (exact) mass is 242 g/mol. The van der Waals surface area contributed by atoms with Crippen molar-refractivity contribution in [3.05, 3.63) is 10.8 Å². The van der Waals surface area contributed by atoms with Gasteiger partial charge in [-0.05, 0) is 18.6 Å². The molecule has 1 saturated heterocycles. The summed E-state index contributed by atoms with van der Waals surface area (Å²) in [5, 5.41) is 8.80. The van der Waals surface area contributed by atoms with E-state index in [2.05, 4.69) is 26.2 Å². The van der Waals surface area contributed by atoms with Crippen molar-refractivity contribution in [2.24, 2.45) is 0 Å². The zero-order valence-electron chi connectivity index (χ0n) is 9.09. The van der Waals surface area contributed by atoms with Crippen LogP contribution < -0.4 is 0 Å². The van der Waals surface area contributed by atoms with Gasteiger partial charge in [0, 0.05) is 26.2 Å². The van der Waals surface area contributed by atoms with Gasteiger partial charge in [0.05, 0.1) is 6.54 Å². The molecular weight excluding hydrogens is 228 g/mol. The molecule has 1 aliphatic rings. The van der Waals surface area contributed by atoms with Gasteiger partial charge < -0.3 is 10.0 Å². The highest BCUT2D eigenvalue weighted by Crippen LogP contribution is 2.08. The molecule has 0 spiro atoms. The Morgan fingerprint density at radius 3 is 2.69 bits per heavy atom. The molecule has 0 aliphatic carbocycles. The fourth-order valence-corrected chi connectivity index (χ4v) is 2.13. The summed E-state index contributed by atoms with van der Waals surface area (Å²) < 4.78 is 4.05. The van der Waals surface area contributed by atoms with Crippen LogP contribution in [0.15, 0.2) is 0 Å². The van der Waals surface area contributed by atoms with Crippen LogP contribution in [-0.4, -0.2) is 63.5 Å². The van der Waals surface area contributed by atoms with Gasteiger partial charge in [0.15, 0.2) is 5.82 Å². The highest BCUT2D eigenvalue weighted by Gasteiger charge is 2.17. The number of hydrogen-bond donors (Lipinski definition) is 1. The van der Waals surface area contributed by atoms with E-state index in [1.807, 2.05) is 0 Å². The SMILES string of the molecule is CN1CCN(Cc2nsc(C(=O)O)n2)CC1. The molecule has 1 aromatic heterocycles. The minimum atomic E-state index is -0.998. The smallest absolute Gasteiger partial charge is 0.366 e. The molecule has 88 valence electrons. The summed E-state index contributed by atoms with van der Waals surface area (Å²) in [7, 11) is 2.10. The normalized spacial score (nSPS) is 18.8. The molecular formula is C9H14N4O2S. The molecule has 1 aliphatic heterocycles. The Labute approximate surface area is 97.7 Å². The molecule has 0 aromatic carbocycles. The largest absolute Gasteiger partial charge is 0.476 e. The topological polar surface area (TPSA) is 69.6 Å². The van der Waals surface area contributed by atoms with Crippen molar-refractivity contribution < 1.29 is 9.90 Å². The Morgan fingerprint density at radius 1 is 1.44 bits per heavy atom. The first-order chi connectivity index (χ1) is 7.65. The van der Waals surface area contributed by atoms with Crippen LogP contribution in [0, 0.1) is 0 Å². The van der Waals surface area contributed by atoms with Crippen LogP contribution in [0.5, 0.6) is 0 Å². The zero-order valence-corrected chi connectivity index (χ0v) is 9.90. The van der Waals surface area contributed by atoms with Gasteiger partial charge in [0.2, 0.25) is 5.01 Å². The molecule has 7 heteroatoms. The van der Waals surface area contributed by atoms with Crippen LogP contribution in [0.25, 0.3) is 0 Å². The second-order valence-corrected chi connectivity index (χ2v) is 4.65. The molecule has 16 heavy (non-hydrogen) atoms. The molecule has 0 radical (unpaired) electrons. The van der Waals surface area contributed by atoms with Crippen LogP contribution in [-0.2, 0) is 6.54 Å². The fraction of sp³-hybridized carbons (Fsp3) is 0.667. The van der Waals surface area contributed by atoms with Gasteiger partial charge >= 0.3 is 5.97 Å². The lowest BCUT2D eigenvalue weighted by molar-refractivity contribution is 0.0696. The van der Waals surface area contributed by atoms with E-state index < -0.39 is 5.97 Å². The van der Waals surface area contributed by atoms with Gasteiger partial charge in [0.1, 0.15) is 0 Å². The van der Waals surface area contributed by atoms with E-state index in [1.54, 1.807) is 0 Å². The van der Waals surface area contributed by atoms with Crippen molar-refractivity contribution in [2.45, 2.75) is 6.54 Å². The van der Waals surface area contributed by atoms with E-state index in [9.17, 15) is 4.79 Å². The number of aromatic carboxylic acids is 1. The summed E-state index contributed by atoms with van der Waals surface area (Å²) >= 11 is 0.949. The lowest BCUT2D eigenvalue weighted by Crippen LogP contribution is -2.44. The average molecular weight is 242 g/mol. The van der Waals surface area contributed by atoms with Crippen molar-refractivity contribution in [3.63, 3.8) is 0 Å². The minimum Gasteiger partial charge on any atom is -0.476 e. The predicted octanol–water partition coefficient (Wildman–Crippen LogP) is -0.0163. The number of piperazine rings is 1. The summed E-state index contributed by atoms with van der Waals surface area (Å²) in [6, 6.07) is 0. The quantitative estimate of drug-likeness (QED) is 0.803. The maximum absolute atomic E-state index is 10.6. The molecule has 2 heterocycles. The Bertz CT molecular complexity index is 373. The number of likely N-dealkylation sites (N-methyl/N-ethyl adjacent to an activating group) is 1. The summed E-state index contributed by atoms with van der Waals surface area (Å²) in [5.41, 5.74) is 0. The molecule has 0 saturated carbocycles. The Morgan fingerprint density at radius 2 is 2.12 bits per heavy atom. The first kappa shape index (κ1) is 11.4. The zero-order chi connectivity index (χ0) is 11.5. The molecule has 0 atom stereocenters. The van der Waals surface area contributed by atoms with Gasteiger partial charge in [0.25, 0.3) is 0 Å². The second kappa shape index (κ2) is 4.86. The number of carboxylic acids is 1. The molecule has 1 N–H and O–H groups in total. The van der Waals surface area contributed by atoms with Crippen LogP contribution >= 0.6 is 11.5 Å². The van der Waals surface area contributed by atoms with E-state index in [-0.39, 0.29) is 5.01 Å². The van der Waals surface area contributed by atoms with Gasteiger partial charge in [-0.1, -0.05) is 0 Å². The van der Waals surface area contributed by atoms with E-state index in [0.29, 0.717) is 12.4 Å². The minimum absolute atomic E-state index is 0.0733. The Balaban J connectivity index is 1.91. The van der Waals surface area contributed by atoms with Crippen molar-refractivity contribution in [1.29, 1.82) is 0 Å². The molecule has 6 nitrogen and oxygen atoms in total. The van der Waals surface area contributed by atoms with Crippen molar-refractivity contribution >= 4 is 17.5 Å². The second-order valence-electron chi connectivity index (χ2n) is 3.90. The average Bonchev–Trinajstić information content (AvgIpc) is 2.70. The van der Waals surface area contributed by atoms with E-state index in [4.69, 9.17) is 5.11 Å². The number of carboxylic acid groups (broad SMARTS) is 1. The number of nitrogens with zero attached hydrogens (tertiary/aromatic N) is 4. The number of carbonyl (C=O) groups is 1. The van der Waals surface area contributed by atoms with Gasteiger partial charge in [-0.25, -0.2) is 9.78 Å². The highest BCUT2D eigenvalue weighted by atomic mass is 32.1. The van der Waals surface area contributed by atoms with E-state index >= 15 is 0 Å². The van der Waals surface area contributed by atoms with Crippen LogP contribution in [0.4, 0.5) is 0 Å². The highest BCUT2D eigenvalue weighted by molar-refractivity contribution is 7.07. The van der Waals surface area contributed by atoms with Crippen molar-refractivity contribution in [2.75, 3.05) is 33.2 Å². The lowest BCUT2D eigenvalue weighted by atomic mass is 10.3. The van der Waals surface area contributed by atoms with Crippen LogP contribution in [0.1, 0.15) is 15.6 Å². The first-order valence-electron chi connectivity index (χ1n) is 5.12. The molecule has 1 aromatic rings. The number of aromatic nitrogens is 2. The third-order valence-corrected chi connectivity index (χ3v) is 3.35. The van der Waals surface area contributed by atoms with Crippen molar-refractivity contribution in [3.8, 4) is 0 Å². The lowest BCUT2D eigenvalue weighted by Gasteiger charge is -2.31. The molecule has 0 amide bonds.